The highest BCUT2D eigenvalue weighted by Crippen LogP contribution is 2.34. The largest absolute Gasteiger partial charge is 0.395 e. The third-order valence-corrected chi connectivity index (χ3v) is 6.78. The SMILES string of the molecule is CC(C)CCNC(=O)[C@@H](c1ccc2ncccc2c1)N(C(=O)c1snc(C(N)=O)c1N)c1cccc(F)c1. The van der Waals surface area contributed by atoms with E-state index in [9.17, 15) is 18.8 Å². The second-order valence-corrected chi connectivity index (χ2v) is 9.90. The van der Waals surface area contributed by atoms with Crippen molar-refractivity contribution in [1.82, 2.24) is 14.7 Å². The Labute approximate surface area is 222 Å². The van der Waals surface area contributed by atoms with Gasteiger partial charge in [-0.1, -0.05) is 32.0 Å². The van der Waals surface area contributed by atoms with Crippen LogP contribution < -0.4 is 21.7 Å². The van der Waals surface area contributed by atoms with Crippen LogP contribution in [-0.4, -0.2) is 33.6 Å². The summed E-state index contributed by atoms with van der Waals surface area (Å²) in [6.07, 6.45) is 2.38. The van der Waals surface area contributed by atoms with Crippen molar-refractivity contribution in [3.63, 3.8) is 0 Å². The molecule has 0 radical (unpaired) electrons. The van der Waals surface area contributed by atoms with E-state index in [0.717, 1.165) is 17.9 Å². The molecule has 38 heavy (non-hydrogen) atoms. The zero-order valence-corrected chi connectivity index (χ0v) is 21.7. The summed E-state index contributed by atoms with van der Waals surface area (Å²) in [6.45, 7) is 4.44. The molecule has 1 atom stereocenters. The quantitative estimate of drug-likeness (QED) is 0.295. The minimum atomic E-state index is -1.21. The van der Waals surface area contributed by atoms with Crippen molar-refractivity contribution in [3.05, 3.63) is 82.7 Å². The number of hydrogen-bond donors (Lipinski definition) is 3. The van der Waals surface area contributed by atoms with Crippen molar-refractivity contribution in [2.75, 3.05) is 17.2 Å². The van der Waals surface area contributed by atoms with Crippen LogP contribution in [0.15, 0.2) is 60.8 Å². The lowest BCUT2D eigenvalue weighted by Gasteiger charge is -2.31. The first-order valence-corrected chi connectivity index (χ1v) is 12.7. The molecule has 0 saturated carbocycles. The van der Waals surface area contributed by atoms with Gasteiger partial charge in [-0.3, -0.25) is 24.3 Å². The van der Waals surface area contributed by atoms with Gasteiger partial charge < -0.3 is 16.8 Å². The van der Waals surface area contributed by atoms with E-state index in [1.54, 1.807) is 30.5 Å². The van der Waals surface area contributed by atoms with E-state index in [-0.39, 0.29) is 21.9 Å². The number of rotatable bonds is 9. The highest BCUT2D eigenvalue weighted by Gasteiger charge is 2.36. The van der Waals surface area contributed by atoms with Gasteiger partial charge in [0.05, 0.1) is 11.2 Å². The monoisotopic (exact) mass is 534 g/mol. The Morgan fingerprint density at radius 3 is 2.58 bits per heavy atom. The molecular weight excluding hydrogens is 507 g/mol. The Morgan fingerprint density at radius 2 is 1.89 bits per heavy atom. The first-order chi connectivity index (χ1) is 18.2. The van der Waals surface area contributed by atoms with Crippen molar-refractivity contribution >= 4 is 51.5 Å². The number of aromatic nitrogens is 2. The van der Waals surface area contributed by atoms with Crippen LogP contribution in [0.2, 0.25) is 0 Å². The number of anilines is 2. The molecule has 9 nitrogen and oxygen atoms in total. The highest BCUT2D eigenvalue weighted by molar-refractivity contribution is 7.09. The van der Waals surface area contributed by atoms with E-state index < -0.39 is 29.6 Å². The van der Waals surface area contributed by atoms with Gasteiger partial charge in [0.2, 0.25) is 5.91 Å². The first-order valence-electron chi connectivity index (χ1n) is 11.9. The molecule has 0 fully saturated rings. The lowest BCUT2D eigenvalue weighted by atomic mass is 10.00. The summed E-state index contributed by atoms with van der Waals surface area (Å²) in [5.74, 6) is -2.35. The summed E-state index contributed by atoms with van der Waals surface area (Å²) in [5.41, 5.74) is 12.3. The van der Waals surface area contributed by atoms with E-state index in [1.807, 2.05) is 19.9 Å². The normalized spacial score (nSPS) is 11.9. The molecular formula is C27H27FN6O3S. The highest BCUT2D eigenvalue weighted by atomic mass is 32.1. The number of nitrogens with zero attached hydrogens (tertiary/aromatic N) is 3. The van der Waals surface area contributed by atoms with E-state index in [1.165, 1.54) is 23.1 Å². The second kappa shape index (κ2) is 11.3. The van der Waals surface area contributed by atoms with E-state index in [0.29, 0.717) is 35.1 Å². The maximum absolute atomic E-state index is 14.4. The van der Waals surface area contributed by atoms with Crippen LogP contribution in [0.3, 0.4) is 0 Å². The van der Waals surface area contributed by atoms with E-state index in [4.69, 9.17) is 11.5 Å². The van der Waals surface area contributed by atoms with Crippen molar-refractivity contribution in [2.45, 2.75) is 26.3 Å². The fourth-order valence-corrected chi connectivity index (χ4v) is 4.75. The van der Waals surface area contributed by atoms with Crippen molar-refractivity contribution < 1.29 is 18.8 Å². The molecule has 0 bridgehead atoms. The maximum Gasteiger partial charge on any atom is 0.273 e. The van der Waals surface area contributed by atoms with Gasteiger partial charge in [-0.15, -0.1) is 0 Å². The Hall–Kier alpha value is -4.38. The van der Waals surface area contributed by atoms with Crippen LogP contribution in [0.1, 0.15) is 52.0 Å². The number of nitrogens with two attached hydrogens (primary N) is 2. The predicted octanol–water partition coefficient (Wildman–Crippen LogP) is 4.06. The zero-order valence-electron chi connectivity index (χ0n) is 20.8. The van der Waals surface area contributed by atoms with Crippen LogP contribution in [0.25, 0.3) is 10.9 Å². The van der Waals surface area contributed by atoms with Crippen molar-refractivity contribution in [3.8, 4) is 0 Å². The maximum atomic E-state index is 14.4. The summed E-state index contributed by atoms with van der Waals surface area (Å²) in [7, 11) is 0. The molecule has 0 spiro atoms. The molecule has 3 amide bonds. The average molecular weight is 535 g/mol. The number of nitrogens with one attached hydrogen (secondary N) is 1. The van der Waals surface area contributed by atoms with Crippen molar-refractivity contribution in [1.29, 1.82) is 0 Å². The number of benzene rings is 2. The Morgan fingerprint density at radius 1 is 1.11 bits per heavy atom. The van der Waals surface area contributed by atoms with Gasteiger partial charge in [-0.25, -0.2) is 4.39 Å². The number of carbonyl (C=O) groups excluding carboxylic acids is 3. The third kappa shape index (κ3) is 5.62. The molecule has 4 aromatic rings. The van der Waals surface area contributed by atoms with Gasteiger partial charge in [-0.05, 0) is 65.8 Å². The number of carbonyl (C=O) groups is 3. The zero-order chi connectivity index (χ0) is 27.4. The average Bonchev–Trinajstić information content (AvgIpc) is 3.27. The van der Waals surface area contributed by atoms with Crippen LogP contribution in [-0.2, 0) is 4.79 Å². The number of halogens is 1. The minimum absolute atomic E-state index is 0.0921. The number of amides is 3. The standard InChI is InChI=1S/C27H27FN6O3S/c1-15(2)10-12-32-26(36)23(17-8-9-20-16(13-17)5-4-11-31-20)34(19-7-3-6-18(28)14-19)27(37)24-21(29)22(25(30)35)33-38-24/h3-9,11,13-15,23H,10,12,29H2,1-2H3,(H2,30,35)(H,32,36)/t23-/m1/s1. The molecule has 11 heteroatoms. The summed E-state index contributed by atoms with van der Waals surface area (Å²) in [6, 6.07) is 13.0. The Balaban J connectivity index is 1.89. The number of hydrogen-bond acceptors (Lipinski definition) is 7. The van der Waals surface area contributed by atoms with Gasteiger partial charge in [0.15, 0.2) is 5.69 Å². The fraction of sp³-hybridized carbons (Fsp3) is 0.222. The lowest BCUT2D eigenvalue weighted by molar-refractivity contribution is -0.122. The molecule has 4 rings (SSSR count). The van der Waals surface area contributed by atoms with Gasteiger partial charge in [0, 0.05) is 23.8 Å². The van der Waals surface area contributed by atoms with Crippen LogP contribution >= 0.6 is 11.5 Å². The molecule has 5 N–H and O–H groups in total. The molecule has 0 aliphatic carbocycles. The number of pyridine rings is 1. The molecule has 0 saturated heterocycles. The Bertz CT molecular complexity index is 1510. The van der Waals surface area contributed by atoms with Gasteiger partial charge in [-0.2, -0.15) is 4.37 Å². The Kier molecular flexibility index (Phi) is 7.96. The summed E-state index contributed by atoms with van der Waals surface area (Å²) in [4.78, 5) is 44.9. The van der Waals surface area contributed by atoms with Gasteiger partial charge in [0.25, 0.3) is 11.8 Å². The molecule has 0 aliphatic rings. The molecule has 0 unspecified atom stereocenters. The molecule has 2 aromatic heterocycles. The molecule has 2 heterocycles. The predicted molar refractivity (Wildman–Crippen MR) is 145 cm³/mol. The fourth-order valence-electron chi connectivity index (χ4n) is 4.01. The van der Waals surface area contributed by atoms with Crippen molar-refractivity contribution in [2.24, 2.45) is 11.7 Å². The summed E-state index contributed by atoms with van der Waals surface area (Å²) >= 11 is 0.686. The molecule has 0 aliphatic heterocycles. The topological polar surface area (TPSA) is 144 Å². The third-order valence-electron chi connectivity index (χ3n) is 5.93. The smallest absolute Gasteiger partial charge is 0.273 e. The van der Waals surface area contributed by atoms with Crippen LogP contribution in [0.5, 0.6) is 0 Å². The second-order valence-electron chi connectivity index (χ2n) is 9.12. The number of fused-ring (bicyclic) bond motifs is 1. The number of nitrogen functional groups attached to an aromatic ring is 1. The first kappa shape index (κ1) is 26.7. The molecule has 2 aromatic carbocycles. The van der Waals surface area contributed by atoms with Gasteiger partial charge in [0.1, 0.15) is 16.7 Å². The molecule has 196 valence electrons. The number of primary amides is 1. The summed E-state index contributed by atoms with van der Waals surface area (Å²) in [5, 5.41) is 3.66. The van der Waals surface area contributed by atoms with E-state index in [2.05, 4.69) is 14.7 Å². The van der Waals surface area contributed by atoms with Crippen LogP contribution in [0.4, 0.5) is 15.8 Å². The van der Waals surface area contributed by atoms with Gasteiger partial charge >= 0.3 is 0 Å². The van der Waals surface area contributed by atoms with E-state index >= 15 is 0 Å². The lowest BCUT2D eigenvalue weighted by Crippen LogP contribution is -2.44. The van der Waals surface area contributed by atoms with Crippen LogP contribution in [0, 0.1) is 11.7 Å². The minimum Gasteiger partial charge on any atom is -0.395 e. The summed E-state index contributed by atoms with van der Waals surface area (Å²) < 4.78 is 18.3.